The summed E-state index contributed by atoms with van der Waals surface area (Å²) >= 11 is 0. The standard InChI is InChI=1S/C13H23FN2O2/c1-12(2,3)18-11(17)16-9-4-5-10(16)7-13(14,6-9)8-15/h9-10H,4-8,15H2,1-3H3. The van der Waals surface area contributed by atoms with Crippen LogP contribution in [0.5, 0.6) is 0 Å². The van der Waals surface area contributed by atoms with Gasteiger partial charge in [-0.2, -0.15) is 0 Å². The van der Waals surface area contributed by atoms with Crippen molar-refractivity contribution in [1.29, 1.82) is 0 Å². The Labute approximate surface area is 108 Å². The van der Waals surface area contributed by atoms with Crippen LogP contribution < -0.4 is 5.73 Å². The van der Waals surface area contributed by atoms with Crippen LogP contribution in [0.15, 0.2) is 0 Å². The van der Waals surface area contributed by atoms with Gasteiger partial charge in [-0.1, -0.05) is 0 Å². The van der Waals surface area contributed by atoms with Crippen LogP contribution in [0, 0.1) is 0 Å². The van der Waals surface area contributed by atoms with Crippen LogP contribution in [0.2, 0.25) is 0 Å². The van der Waals surface area contributed by atoms with Crippen molar-refractivity contribution >= 4 is 6.09 Å². The fourth-order valence-electron chi connectivity index (χ4n) is 3.07. The predicted molar refractivity (Wildman–Crippen MR) is 67.0 cm³/mol. The fourth-order valence-corrected chi connectivity index (χ4v) is 3.07. The number of piperidine rings is 1. The molecule has 2 fully saturated rings. The van der Waals surface area contributed by atoms with E-state index in [9.17, 15) is 9.18 Å². The summed E-state index contributed by atoms with van der Waals surface area (Å²) < 4.78 is 19.7. The Balaban J connectivity index is 2.07. The van der Waals surface area contributed by atoms with Gasteiger partial charge in [0, 0.05) is 31.5 Å². The van der Waals surface area contributed by atoms with E-state index in [1.165, 1.54) is 0 Å². The molecule has 2 bridgehead atoms. The molecule has 2 atom stereocenters. The lowest BCUT2D eigenvalue weighted by Crippen LogP contribution is -2.54. The number of rotatable bonds is 1. The molecule has 2 unspecified atom stereocenters. The van der Waals surface area contributed by atoms with Gasteiger partial charge in [-0.15, -0.1) is 0 Å². The predicted octanol–water partition coefficient (Wildman–Crippen LogP) is 2.22. The van der Waals surface area contributed by atoms with Crippen molar-refractivity contribution in [2.24, 2.45) is 5.73 Å². The summed E-state index contributed by atoms with van der Waals surface area (Å²) in [4.78, 5) is 13.9. The monoisotopic (exact) mass is 258 g/mol. The molecule has 5 heteroatoms. The second-order valence-electron chi connectivity index (χ2n) is 6.54. The zero-order chi connectivity index (χ0) is 13.6. The van der Waals surface area contributed by atoms with Gasteiger partial charge in [0.25, 0.3) is 0 Å². The maximum atomic E-state index is 14.3. The number of hydrogen-bond donors (Lipinski definition) is 1. The Morgan fingerprint density at radius 1 is 1.39 bits per heavy atom. The van der Waals surface area contributed by atoms with Crippen LogP contribution in [0.3, 0.4) is 0 Å². The molecule has 2 N–H and O–H groups in total. The van der Waals surface area contributed by atoms with E-state index >= 15 is 0 Å². The number of fused-ring (bicyclic) bond motifs is 2. The Kier molecular flexibility index (Phi) is 3.30. The summed E-state index contributed by atoms with van der Waals surface area (Å²) in [7, 11) is 0. The van der Waals surface area contributed by atoms with Crippen molar-refractivity contribution in [2.45, 2.75) is 69.8 Å². The van der Waals surface area contributed by atoms with Gasteiger partial charge >= 0.3 is 6.09 Å². The number of alkyl halides is 1. The van der Waals surface area contributed by atoms with Gasteiger partial charge in [0.05, 0.1) is 0 Å². The van der Waals surface area contributed by atoms with E-state index in [2.05, 4.69) is 0 Å². The minimum atomic E-state index is -1.30. The van der Waals surface area contributed by atoms with E-state index in [1.807, 2.05) is 20.8 Å². The lowest BCUT2D eigenvalue weighted by Gasteiger charge is -2.42. The topological polar surface area (TPSA) is 55.6 Å². The van der Waals surface area contributed by atoms with Crippen molar-refractivity contribution in [1.82, 2.24) is 4.90 Å². The van der Waals surface area contributed by atoms with Crippen LogP contribution in [0.25, 0.3) is 0 Å². The Morgan fingerprint density at radius 2 is 1.89 bits per heavy atom. The number of halogens is 1. The van der Waals surface area contributed by atoms with E-state index < -0.39 is 11.3 Å². The Hall–Kier alpha value is -0.840. The number of carbonyl (C=O) groups excluding carboxylic acids is 1. The number of ether oxygens (including phenoxy) is 1. The highest BCUT2D eigenvalue weighted by Gasteiger charge is 2.50. The van der Waals surface area contributed by atoms with Gasteiger partial charge in [-0.25, -0.2) is 9.18 Å². The Bertz CT molecular complexity index is 326. The van der Waals surface area contributed by atoms with Crippen LogP contribution in [-0.4, -0.2) is 40.9 Å². The number of carbonyl (C=O) groups is 1. The molecule has 0 spiro atoms. The Morgan fingerprint density at radius 3 is 2.28 bits per heavy atom. The zero-order valence-electron chi connectivity index (χ0n) is 11.4. The molecule has 0 saturated carbocycles. The molecule has 0 aromatic carbocycles. The van der Waals surface area contributed by atoms with Crippen molar-refractivity contribution in [3.8, 4) is 0 Å². The SMILES string of the molecule is CC(C)(C)OC(=O)N1C2CCC1CC(F)(CN)C2. The molecule has 0 aromatic heterocycles. The zero-order valence-corrected chi connectivity index (χ0v) is 11.4. The van der Waals surface area contributed by atoms with Crippen molar-refractivity contribution in [3.05, 3.63) is 0 Å². The molecular formula is C13H23FN2O2. The highest BCUT2D eigenvalue weighted by molar-refractivity contribution is 5.69. The molecule has 0 aromatic rings. The van der Waals surface area contributed by atoms with Gasteiger partial charge in [0.15, 0.2) is 0 Å². The van der Waals surface area contributed by atoms with Crippen molar-refractivity contribution in [3.63, 3.8) is 0 Å². The fraction of sp³-hybridized carbons (Fsp3) is 0.923. The molecule has 18 heavy (non-hydrogen) atoms. The second kappa shape index (κ2) is 4.37. The molecule has 2 aliphatic rings. The average Bonchev–Trinajstić information content (AvgIpc) is 2.50. The van der Waals surface area contributed by atoms with Gasteiger partial charge in [0.2, 0.25) is 0 Å². The van der Waals surface area contributed by atoms with Gasteiger partial charge in [-0.3, -0.25) is 0 Å². The lowest BCUT2D eigenvalue weighted by atomic mass is 9.88. The molecule has 4 nitrogen and oxygen atoms in total. The summed E-state index contributed by atoms with van der Waals surface area (Å²) in [6.07, 6.45) is 2.10. The van der Waals surface area contributed by atoms with E-state index in [-0.39, 0.29) is 24.7 Å². The van der Waals surface area contributed by atoms with E-state index in [0.717, 1.165) is 12.8 Å². The molecule has 104 valence electrons. The summed E-state index contributed by atoms with van der Waals surface area (Å²) in [5.74, 6) is 0. The second-order valence-corrected chi connectivity index (χ2v) is 6.54. The third kappa shape index (κ3) is 2.60. The minimum absolute atomic E-state index is 0.0438. The first-order valence-electron chi connectivity index (χ1n) is 6.64. The first-order chi connectivity index (χ1) is 8.24. The molecule has 0 aliphatic carbocycles. The van der Waals surface area contributed by atoms with Crippen LogP contribution >= 0.6 is 0 Å². The maximum Gasteiger partial charge on any atom is 0.410 e. The summed E-state index contributed by atoms with van der Waals surface area (Å²) in [5, 5.41) is 0. The van der Waals surface area contributed by atoms with E-state index in [4.69, 9.17) is 10.5 Å². The maximum absolute atomic E-state index is 14.3. The summed E-state index contributed by atoms with van der Waals surface area (Å²) in [6, 6.07) is -0.0979. The smallest absolute Gasteiger partial charge is 0.410 e. The molecule has 0 radical (unpaired) electrons. The largest absolute Gasteiger partial charge is 0.444 e. The van der Waals surface area contributed by atoms with Gasteiger partial charge in [-0.05, 0) is 33.6 Å². The quantitative estimate of drug-likeness (QED) is 0.784. The van der Waals surface area contributed by atoms with Crippen molar-refractivity contribution in [2.75, 3.05) is 6.54 Å². The van der Waals surface area contributed by atoms with E-state index in [0.29, 0.717) is 12.8 Å². The molecule has 2 heterocycles. The average molecular weight is 258 g/mol. The lowest BCUT2D eigenvalue weighted by molar-refractivity contribution is -0.0190. The first-order valence-corrected chi connectivity index (χ1v) is 6.64. The number of hydrogen-bond acceptors (Lipinski definition) is 3. The summed E-state index contributed by atoms with van der Waals surface area (Å²) in [6.45, 7) is 5.57. The number of nitrogens with two attached hydrogens (primary N) is 1. The van der Waals surface area contributed by atoms with Crippen LogP contribution in [0.4, 0.5) is 9.18 Å². The van der Waals surface area contributed by atoms with Gasteiger partial charge < -0.3 is 15.4 Å². The molecule has 1 amide bonds. The van der Waals surface area contributed by atoms with Crippen LogP contribution in [-0.2, 0) is 4.74 Å². The molecule has 2 saturated heterocycles. The van der Waals surface area contributed by atoms with Crippen molar-refractivity contribution < 1.29 is 13.9 Å². The molecular weight excluding hydrogens is 235 g/mol. The normalized spacial score (nSPS) is 35.7. The number of nitrogens with zero attached hydrogens (tertiary/aromatic N) is 1. The first kappa shape index (κ1) is 13.6. The number of amides is 1. The van der Waals surface area contributed by atoms with Crippen LogP contribution in [0.1, 0.15) is 46.5 Å². The molecule has 2 aliphatic heterocycles. The highest BCUT2D eigenvalue weighted by Crippen LogP contribution is 2.42. The third-order valence-electron chi connectivity index (χ3n) is 3.79. The minimum Gasteiger partial charge on any atom is -0.444 e. The third-order valence-corrected chi connectivity index (χ3v) is 3.79. The highest BCUT2D eigenvalue weighted by atomic mass is 19.1. The van der Waals surface area contributed by atoms with E-state index in [1.54, 1.807) is 4.90 Å². The molecule has 2 rings (SSSR count). The van der Waals surface area contributed by atoms with Gasteiger partial charge in [0.1, 0.15) is 11.3 Å². The summed E-state index contributed by atoms with van der Waals surface area (Å²) in [5.41, 5.74) is 3.70.